The molecule has 0 saturated heterocycles. The molecule has 6 nitrogen and oxygen atoms in total. The number of benzene rings is 2. The fraction of sp³-hybridized carbons (Fsp3) is 0.333. The fourth-order valence-electron chi connectivity index (χ4n) is 4.27. The summed E-state index contributed by atoms with van der Waals surface area (Å²) in [7, 11) is 3.64. The molecule has 0 spiro atoms. The Bertz CT molecular complexity index is 1230. The molecular formula is C24H25BrClN3O3. The zero-order valence-electron chi connectivity index (χ0n) is 18.6. The highest BCUT2D eigenvalue weighted by molar-refractivity contribution is 9.10. The maximum Gasteiger partial charge on any atom is 0.307 e. The monoisotopic (exact) mass is 517 g/mol. The van der Waals surface area contributed by atoms with Crippen LogP contribution < -0.4 is 15.1 Å². The Morgan fingerprint density at radius 3 is 2.81 bits per heavy atom. The highest BCUT2D eigenvalue weighted by atomic mass is 79.9. The number of fused-ring (bicyclic) bond motifs is 2. The van der Waals surface area contributed by atoms with Crippen LogP contribution in [0.4, 0.5) is 5.69 Å². The number of carbonyl (C=O) groups is 1. The molecule has 3 aromatic rings. The van der Waals surface area contributed by atoms with Gasteiger partial charge >= 0.3 is 5.91 Å². The maximum absolute atomic E-state index is 12.6. The largest absolute Gasteiger partial charge is 0.493 e. The van der Waals surface area contributed by atoms with Gasteiger partial charge in [-0.25, -0.2) is 5.43 Å². The summed E-state index contributed by atoms with van der Waals surface area (Å²) in [5, 5.41) is 5.44. The zero-order chi connectivity index (χ0) is 23.2. The minimum Gasteiger partial charge on any atom is -0.493 e. The molecule has 0 radical (unpaired) electrons. The van der Waals surface area contributed by atoms with Crippen LogP contribution in [0.5, 0.6) is 5.75 Å². The second-order valence-corrected chi connectivity index (χ2v) is 10.1. The summed E-state index contributed by atoms with van der Waals surface area (Å²) in [6.45, 7) is 6.69. The van der Waals surface area contributed by atoms with Crippen LogP contribution in [0, 0.1) is 0 Å². The Balaban J connectivity index is 1.55. The molecule has 168 valence electrons. The first-order valence-electron chi connectivity index (χ1n) is 10.3. The lowest BCUT2D eigenvalue weighted by molar-refractivity contribution is 0.0929. The summed E-state index contributed by atoms with van der Waals surface area (Å²) < 4.78 is 11.8. The number of carbonyl (C=O) groups excluding carboxylic acids is 1. The van der Waals surface area contributed by atoms with E-state index in [0.717, 1.165) is 27.5 Å². The molecule has 8 heteroatoms. The fourth-order valence-corrected chi connectivity index (χ4v) is 4.93. The van der Waals surface area contributed by atoms with E-state index in [1.165, 1.54) is 5.56 Å². The van der Waals surface area contributed by atoms with Crippen LogP contribution in [0.15, 0.2) is 44.3 Å². The molecule has 1 N–H and O–H groups in total. The van der Waals surface area contributed by atoms with Crippen LogP contribution in [0.2, 0.25) is 5.02 Å². The van der Waals surface area contributed by atoms with Crippen LogP contribution in [-0.2, 0) is 0 Å². The molecule has 0 fully saturated rings. The van der Waals surface area contributed by atoms with Crippen molar-refractivity contribution >= 4 is 56.3 Å². The summed E-state index contributed by atoms with van der Waals surface area (Å²) in [6, 6.07) is 9.31. The summed E-state index contributed by atoms with van der Waals surface area (Å²) in [4.78, 5) is 14.8. The number of nitrogens with zero attached hydrogens (tertiary/aromatic N) is 2. The van der Waals surface area contributed by atoms with E-state index in [0.29, 0.717) is 22.3 Å². The van der Waals surface area contributed by atoms with Gasteiger partial charge in [0.05, 0.1) is 18.3 Å². The highest BCUT2D eigenvalue weighted by Crippen LogP contribution is 2.44. The minimum absolute atomic E-state index is 0.0597. The number of halogens is 2. The van der Waals surface area contributed by atoms with E-state index in [2.05, 4.69) is 59.2 Å². The molecule has 1 aliphatic heterocycles. The molecule has 4 rings (SSSR count). The van der Waals surface area contributed by atoms with Gasteiger partial charge in [0.1, 0.15) is 0 Å². The topological polar surface area (TPSA) is 67.1 Å². The third-order valence-corrected chi connectivity index (χ3v) is 6.90. The molecular weight excluding hydrogens is 494 g/mol. The van der Waals surface area contributed by atoms with Gasteiger partial charge in [0, 0.05) is 33.7 Å². The molecule has 32 heavy (non-hydrogen) atoms. The van der Waals surface area contributed by atoms with E-state index in [1.807, 2.05) is 18.2 Å². The Morgan fingerprint density at radius 2 is 2.09 bits per heavy atom. The van der Waals surface area contributed by atoms with Gasteiger partial charge in [-0.3, -0.25) is 4.79 Å². The molecule has 1 amide bonds. The van der Waals surface area contributed by atoms with Gasteiger partial charge in [-0.2, -0.15) is 5.10 Å². The molecule has 2 aromatic carbocycles. The average Bonchev–Trinajstić information content (AvgIpc) is 3.16. The van der Waals surface area contributed by atoms with Crippen LogP contribution in [-0.4, -0.2) is 31.8 Å². The number of hydrogen-bond donors (Lipinski definition) is 1. The van der Waals surface area contributed by atoms with E-state index < -0.39 is 5.91 Å². The Kier molecular flexibility index (Phi) is 5.98. The molecule has 1 atom stereocenters. The third kappa shape index (κ3) is 4.11. The van der Waals surface area contributed by atoms with E-state index in [9.17, 15) is 4.79 Å². The van der Waals surface area contributed by atoms with Crippen molar-refractivity contribution in [2.45, 2.75) is 38.6 Å². The van der Waals surface area contributed by atoms with Crippen molar-refractivity contribution in [2.24, 2.45) is 5.10 Å². The number of methoxy groups -OCH3 is 1. The Hall–Kier alpha value is -2.51. The highest BCUT2D eigenvalue weighted by Gasteiger charge is 2.34. The lowest BCUT2D eigenvalue weighted by Crippen LogP contribution is -2.45. The molecule has 1 aromatic heterocycles. The number of anilines is 1. The van der Waals surface area contributed by atoms with Crippen LogP contribution in [0.25, 0.3) is 11.0 Å². The van der Waals surface area contributed by atoms with E-state index in [4.69, 9.17) is 20.8 Å². The maximum atomic E-state index is 12.6. The van der Waals surface area contributed by atoms with Gasteiger partial charge in [-0.15, -0.1) is 0 Å². The minimum atomic E-state index is -0.459. The van der Waals surface area contributed by atoms with Crippen LogP contribution >= 0.6 is 27.5 Å². The standard InChI is InChI=1S/C24H25BrClN3O3/c1-13-11-24(2,3)29(4)19-10-18(26)15(7-17(13)19)12-27-28-23(30)21-8-14-6-16(25)9-20(31-5)22(14)32-21/h6-10,12-13H,11H2,1-5H3,(H,28,30)/b27-12+. The van der Waals surface area contributed by atoms with Gasteiger partial charge in [0.25, 0.3) is 0 Å². The third-order valence-electron chi connectivity index (χ3n) is 6.11. The van der Waals surface area contributed by atoms with Crippen molar-refractivity contribution in [3.63, 3.8) is 0 Å². The van der Waals surface area contributed by atoms with Crippen molar-refractivity contribution in [1.82, 2.24) is 5.43 Å². The lowest BCUT2D eigenvalue weighted by Gasteiger charge is -2.45. The second-order valence-electron chi connectivity index (χ2n) is 8.75. The lowest BCUT2D eigenvalue weighted by atomic mass is 9.80. The number of hydrogen-bond acceptors (Lipinski definition) is 5. The number of rotatable bonds is 4. The molecule has 2 heterocycles. The predicted octanol–water partition coefficient (Wildman–Crippen LogP) is 6.34. The van der Waals surface area contributed by atoms with E-state index in [1.54, 1.807) is 25.5 Å². The molecule has 0 bridgehead atoms. The van der Waals surface area contributed by atoms with Crippen molar-refractivity contribution in [3.05, 3.63) is 56.7 Å². The first-order chi connectivity index (χ1) is 15.1. The normalized spacial score (nSPS) is 17.6. The second kappa shape index (κ2) is 8.45. The quantitative estimate of drug-likeness (QED) is 0.323. The van der Waals surface area contributed by atoms with Crippen molar-refractivity contribution in [3.8, 4) is 5.75 Å². The molecule has 0 saturated carbocycles. The number of nitrogens with one attached hydrogen (secondary N) is 1. The number of ether oxygens (including phenoxy) is 1. The van der Waals surface area contributed by atoms with Crippen LogP contribution in [0.1, 0.15) is 54.8 Å². The number of hydrazone groups is 1. The summed E-state index contributed by atoms with van der Waals surface area (Å²) in [5.41, 5.74) is 6.18. The van der Waals surface area contributed by atoms with Gasteiger partial charge < -0.3 is 14.1 Å². The van der Waals surface area contributed by atoms with E-state index >= 15 is 0 Å². The zero-order valence-corrected chi connectivity index (χ0v) is 21.0. The Labute approximate surface area is 200 Å². The summed E-state index contributed by atoms with van der Waals surface area (Å²) in [5.74, 6) is 0.613. The first kappa shape index (κ1) is 22.7. The van der Waals surface area contributed by atoms with Crippen molar-refractivity contribution in [1.29, 1.82) is 0 Å². The van der Waals surface area contributed by atoms with Gasteiger partial charge in [-0.05, 0) is 62.1 Å². The van der Waals surface area contributed by atoms with Gasteiger partial charge in [-0.1, -0.05) is 34.5 Å². The van der Waals surface area contributed by atoms with Gasteiger partial charge in [0.15, 0.2) is 17.1 Å². The van der Waals surface area contributed by atoms with Crippen molar-refractivity contribution < 1.29 is 13.9 Å². The predicted molar refractivity (Wildman–Crippen MR) is 132 cm³/mol. The SMILES string of the molecule is COc1cc(Br)cc2cc(C(=O)N/N=C/c3cc4c(cc3Cl)N(C)C(C)(C)CC4C)oc12. The number of furan rings is 1. The van der Waals surface area contributed by atoms with Gasteiger partial charge in [0.2, 0.25) is 0 Å². The average molecular weight is 519 g/mol. The Morgan fingerprint density at radius 1 is 1.34 bits per heavy atom. The first-order valence-corrected chi connectivity index (χ1v) is 11.5. The van der Waals surface area contributed by atoms with Crippen LogP contribution in [0.3, 0.4) is 0 Å². The molecule has 0 aliphatic carbocycles. The van der Waals surface area contributed by atoms with Crippen molar-refractivity contribution in [2.75, 3.05) is 19.1 Å². The smallest absolute Gasteiger partial charge is 0.307 e. The van der Waals surface area contributed by atoms with E-state index in [-0.39, 0.29) is 11.3 Å². The molecule has 1 unspecified atom stereocenters. The molecule has 1 aliphatic rings. The summed E-state index contributed by atoms with van der Waals surface area (Å²) >= 11 is 9.96. The number of amides is 1. The summed E-state index contributed by atoms with van der Waals surface area (Å²) in [6.07, 6.45) is 2.60.